The highest BCUT2D eigenvalue weighted by atomic mass is 16.5. The van der Waals surface area contributed by atoms with Crippen molar-refractivity contribution in [1.29, 1.82) is 5.41 Å². The van der Waals surface area contributed by atoms with Crippen molar-refractivity contribution in [3.63, 3.8) is 0 Å². The zero-order chi connectivity index (χ0) is 23.9. The molecule has 0 saturated carbocycles. The number of nitrogen functional groups attached to an aromatic ring is 1. The summed E-state index contributed by atoms with van der Waals surface area (Å²) in [5.74, 6) is 2.33. The fourth-order valence-corrected chi connectivity index (χ4v) is 4.07. The topological polar surface area (TPSA) is 122 Å². The van der Waals surface area contributed by atoms with E-state index in [2.05, 4.69) is 9.97 Å². The van der Waals surface area contributed by atoms with Crippen LogP contribution in [-0.4, -0.2) is 45.6 Å². The third-order valence-electron chi connectivity index (χ3n) is 5.75. The van der Waals surface area contributed by atoms with Crippen LogP contribution >= 0.6 is 0 Å². The van der Waals surface area contributed by atoms with Crippen molar-refractivity contribution < 1.29 is 14.8 Å². The highest BCUT2D eigenvalue weighted by Gasteiger charge is 2.28. The van der Waals surface area contributed by atoms with Crippen LogP contribution < -0.4 is 15.8 Å². The minimum Gasteiger partial charge on any atom is -0.457 e. The average molecular weight is 458 g/mol. The van der Waals surface area contributed by atoms with Gasteiger partial charge in [0.15, 0.2) is 0 Å². The Morgan fingerprint density at radius 1 is 1.15 bits per heavy atom. The first-order valence-electron chi connectivity index (χ1n) is 11.3. The number of nitrogens with one attached hydrogen (secondary N) is 1. The number of likely N-dealkylation sites (tertiary alicyclic amines) is 1. The number of rotatable bonds is 7. The number of carbonyl (C=O) groups is 1. The minimum atomic E-state index is 0.0218. The van der Waals surface area contributed by atoms with E-state index in [1.54, 1.807) is 12.2 Å². The lowest BCUT2D eigenvalue weighted by molar-refractivity contribution is -0.616. The molecule has 4 rings (SSSR count). The van der Waals surface area contributed by atoms with Gasteiger partial charge in [0.2, 0.25) is 11.7 Å². The maximum Gasteiger partial charge on any atom is 0.246 e. The molecule has 1 fully saturated rings. The first-order chi connectivity index (χ1) is 16.5. The van der Waals surface area contributed by atoms with E-state index in [4.69, 9.17) is 15.9 Å². The van der Waals surface area contributed by atoms with Gasteiger partial charge in [-0.3, -0.25) is 15.5 Å². The number of benzene rings is 2. The van der Waals surface area contributed by atoms with Crippen molar-refractivity contribution in [3.05, 3.63) is 84.2 Å². The van der Waals surface area contributed by atoms with Gasteiger partial charge in [0.05, 0.1) is 12.3 Å². The molecule has 1 aliphatic heterocycles. The summed E-state index contributed by atoms with van der Waals surface area (Å²) in [4.78, 5) is 22.7. The Morgan fingerprint density at radius 2 is 1.88 bits per heavy atom. The van der Waals surface area contributed by atoms with Crippen LogP contribution in [0.3, 0.4) is 0 Å². The number of para-hydroxylation sites is 1. The van der Waals surface area contributed by atoms with Crippen LogP contribution in [0.5, 0.6) is 11.5 Å². The lowest BCUT2D eigenvalue weighted by Crippen LogP contribution is -2.88. The molecule has 174 valence electrons. The number of aromatic nitrogens is 2. The molecule has 8 heteroatoms. The van der Waals surface area contributed by atoms with Crippen molar-refractivity contribution in [3.8, 4) is 11.5 Å². The maximum atomic E-state index is 12.3. The Labute approximate surface area is 199 Å². The molecule has 1 amide bonds. The molecule has 1 aromatic heterocycles. The lowest BCUT2D eigenvalue weighted by atomic mass is 10.0. The van der Waals surface area contributed by atoms with E-state index in [0.717, 1.165) is 25.1 Å². The van der Waals surface area contributed by atoms with Crippen LogP contribution in [0.25, 0.3) is 0 Å². The monoisotopic (exact) mass is 457 g/mol. The summed E-state index contributed by atoms with van der Waals surface area (Å²) in [5.41, 5.74) is 7.63. The van der Waals surface area contributed by atoms with Crippen molar-refractivity contribution in [1.82, 2.24) is 14.9 Å². The lowest BCUT2D eigenvalue weighted by Gasteiger charge is -2.30. The second kappa shape index (κ2) is 10.7. The van der Waals surface area contributed by atoms with Gasteiger partial charge < -0.3 is 15.4 Å². The maximum absolute atomic E-state index is 12.3. The third kappa shape index (κ3) is 5.47. The Balaban J connectivity index is 1.51. The number of allylic oxidation sites excluding steroid dienone is 1. The highest BCUT2D eigenvalue weighted by Crippen LogP contribution is 2.24. The van der Waals surface area contributed by atoms with Crippen molar-refractivity contribution in [2.45, 2.75) is 25.8 Å². The number of nitrogens with two attached hydrogens (primary N) is 2. The molecule has 3 aromatic rings. The molecule has 0 bridgehead atoms. The zero-order valence-electron chi connectivity index (χ0n) is 19.1. The minimum absolute atomic E-state index is 0.0218. The first-order valence-corrected chi connectivity index (χ1v) is 11.3. The van der Waals surface area contributed by atoms with Gasteiger partial charge in [0.1, 0.15) is 35.2 Å². The molecule has 1 unspecified atom stereocenters. The van der Waals surface area contributed by atoms with E-state index in [9.17, 15) is 4.79 Å². The SMILES string of the molecule is C/C=C/C(=O)N1CCCC([NH2+]c2ncnc(N)c2C(=N)c2ccc(Oc3ccccc3)cc2)C1. The number of carbonyl (C=O) groups excluding carboxylic acids is 1. The van der Waals surface area contributed by atoms with Crippen LogP contribution in [0.2, 0.25) is 0 Å². The Bertz CT molecular complexity index is 1180. The van der Waals surface area contributed by atoms with Crippen LogP contribution in [0.1, 0.15) is 30.9 Å². The number of amides is 1. The summed E-state index contributed by atoms with van der Waals surface area (Å²) in [6.07, 6.45) is 6.64. The van der Waals surface area contributed by atoms with Crippen molar-refractivity contribution in [2.24, 2.45) is 0 Å². The van der Waals surface area contributed by atoms with Gasteiger partial charge in [-0.2, -0.15) is 4.98 Å². The fourth-order valence-electron chi connectivity index (χ4n) is 4.07. The normalized spacial score (nSPS) is 15.9. The third-order valence-corrected chi connectivity index (χ3v) is 5.75. The molecule has 5 N–H and O–H groups in total. The van der Waals surface area contributed by atoms with Gasteiger partial charge in [-0.15, -0.1) is 0 Å². The summed E-state index contributed by atoms with van der Waals surface area (Å²) < 4.78 is 5.85. The van der Waals surface area contributed by atoms with Crippen LogP contribution in [0.15, 0.2) is 73.1 Å². The molecule has 0 aliphatic carbocycles. The predicted octanol–water partition coefficient (Wildman–Crippen LogP) is 3.03. The molecule has 0 radical (unpaired) electrons. The van der Waals surface area contributed by atoms with Crippen molar-refractivity contribution >= 4 is 23.3 Å². The van der Waals surface area contributed by atoms with Gasteiger partial charge in [0, 0.05) is 18.5 Å². The number of ether oxygens (including phenoxy) is 1. The predicted molar refractivity (Wildman–Crippen MR) is 131 cm³/mol. The Morgan fingerprint density at radius 3 is 2.62 bits per heavy atom. The fraction of sp³-hybridized carbons (Fsp3) is 0.231. The Hall–Kier alpha value is -4.04. The van der Waals surface area contributed by atoms with Gasteiger partial charge >= 0.3 is 0 Å². The molecule has 8 nitrogen and oxygen atoms in total. The quantitative estimate of drug-likeness (QED) is 0.372. The van der Waals surface area contributed by atoms with E-state index in [0.29, 0.717) is 29.2 Å². The molecule has 2 aromatic carbocycles. The number of nitrogens with zero attached hydrogens (tertiary/aromatic N) is 3. The van der Waals surface area contributed by atoms with Crippen LogP contribution in [0.4, 0.5) is 11.6 Å². The highest BCUT2D eigenvalue weighted by molar-refractivity contribution is 6.15. The number of piperidine rings is 1. The molecular weight excluding hydrogens is 428 g/mol. The van der Waals surface area contributed by atoms with E-state index in [1.165, 1.54) is 6.33 Å². The molecule has 34 heavy (non-hydrogen) atoms. The summed E-state index contributed by atoms with van der Waals surface area (Å²) in [7, 11) is 0. The van der Waals surface area contributed by atoms with E-state index in [1.807, 2.05) is 71.7 Å². The zero-order valence-corrected chi connectivity index (χ0v) is 19.1. The van der Waals surface area contributed by atoms with Gasteiger partial charge in [-0.25, -0.2) is 4.98 Å². The summed E-state index contributed by atoms with van der Waals surface area (Å²) in [6.45, 7) is 3.21. The average Bonchev–Trinajstić information content (AvgIpc) is 2.85. The number of anilines is 1. The first kappa shape index (κ1) is 23.1. The molecular formula is C26H29N6O2+. The number of hydrogen-bond donors (Lipinski definition) is 3. The second-order valence-electron chi connectivity index (χ2n) is 8.19. The van der Waals surface area contributed by atoms with Gasteiger partial charge in [-0.1, -0.05) is 24.3 Å². The molecule has 1 aliphatic rings. The molecule has 2 heterocycles. The van der Waals surface area contributed by atoms with E-state index < -0.39 is 0 Å². The van der Waals surface area contributed by atoms with E-state index >= 15 is 0 Å². The van der Waals surface area contributed by atoms with Crippen LogP contribution in [-0.2, 0) is 4.79 Å². The molecule has 1 saturated heterocycles. The van der Waals surface area contributed by atoms with Crippen molar-refractivity contribution in [2.75, 3.05) is 18.8 Å². The van der Waals surface area contributed by atoms with Crippen LogP contribution in [0, 0.1) is 5.41 Å². The summed E-state index contributed by atoms with van der Waals surface area (Å²) in [5, 5.41) is 10.8. The molecule has 0 spiro atoms. The summed E-state index contributed by atoms with van der Waals surface area (Å²) in [6, 6.07) is 17.0. The Kier molecular flexibility index (Phi) is 7.29. The standard InChI is InChI=1S/C26H28N6O2/c1-2-7-22(33)32-15-6-8-19(16-32)31-26-23(25(28)29-17-30-26)24(27)18-11-13-21(14-12-18)34-20-9-4-3-5-10-20/h2-5,7,9-14,17,19,27H,6,8,15-16H2,1H3,(H3,28,29,30,31)/p+1/b7-2+,27-24?. The number of quaternary nitrogens is 1. The second-order valence-corrected chi connectivity index (χ2v) is 8.19. The van der Waals surface area contributed by atoms with Gasteiger partial charge in [0.25, 0.3) is 0 Å². The largest absolute Gasteiger partial charge is 0.457 e. The molecule has 1 atom stereocenters. The van der Waals surface area contributed by atoms with Gasteiger partial charge in [-0.05, 0) is 55.8 Å². The summed E-state index contributed by atoms with van der Waals surface area (Å²) >= 11 is 0. The number of hydrogen-bond acceptors (Lipinski definition) is 6. The van der Waals surface area contributed by atoms with E-state index in [-0.39, 0.29) is 23.5 Å². The smallest absolute Gasteiger partial charge is 0.246 e.